The van der Waals surface area contributed by atoms with Gasteiger partial charge in [-0.05, 0) is 51.5 Å². The summed E-state index contributed by atoms with van der Waals surface area (Å²) in [5.41, 5.74) is 0.440. The van der Waals surface area contributed by atoms with Crippen LogP contribution in [0.25, 0.3) is 0 Å². The number of nitrogens with zero attached hydrogens (tertiary/aromatic N) is 1. The quantitative estimate of drug-likeness (QED) is 0.864. The maximum absolute atomic E-state index is 12.8. The second-order valence-corrected chi connectivity index (χ2v) is 7.04. The van der Waals surface area contributed by atoms with Gasteiger partial charge in [-0.25, -0.2) is 9.37 Å². The van der Waals surface area contributed by atoms with Gasteiger partial charge in [-0.2, -0.15) is 0 Å². The third-order valence-corrected chi connectivity index (χ3v) is 4.69. The molecule has 4 nitrogen and oxygen atoms in total. The molecule has 0 saturated heterocycles. The summed E-state index contributed by atoms with van der Waals surface area (Å²) in [4.78, 5) is 17.3. The lowest BCUT2D eigenvalue weighted by Gasteiger charge is -2.24. The molecule has 0 radical (unpaired) electrons. The Balaban J connectivity index is 2.03. The molecule has 0 spiro atoms. The lowest BCUT2D eigenvalue weighted by atomic mass is 10.0. The molecule has 1 aromatic carbocycles. The van der Waals surface area contributed by atoms with Gasteiger partial charge in [0.05, 0.1) is 5.69 Å². The molecule has 124 valence electrons. The van der Waals surface area contributed by atoms with Crippen molar-refractivity contribution in [1.82, 2.24) is 10.3 Å². The predicted molar refractivity (Wildman–Crippen MR) is 89.4 cm³/mol. The Bertz CT molecular complexity index is 680. The summed E-state index contributed by atoms with van der Waals surface area (Å²) in [6, 6.07) is 5.81. The van der Waals surface area contributed by atoms with E-state index in [1.165, 1.54) is 23.5 Å². The number of halogens is 1. The van der Waals surface area contributed by atoms with E-state index in [1.807, 2.05) is 27.7 Å². The van der Waals surface area contributed by atoms with E-state index in [0.717, 1.165) is 6.42 Å². The minimum atomic E-state index is -0.306. The molecule has 0 aliphatic rings. The summed E-state index contributed by atoms with van der Waals surface area (Å²) in [6.07, 6.45) is 0.844. The van der Waals surface area contributed by atoms with Crippen molar-refractivity contribution in [2.75, 3.05) is 0 Å². The molecule has 1 amide bonds. The molecule has 0 aliphatic carbocycles. The number of thiazole rings is 1. The highest BCUT2D eigenvalue weighted by Gasteiger charge is 2.22. The summed E-state index contributed by atoms with van der Waals surface area (Å²) in [7, 11) is 0. The third-order valence-electron chi connectivity index (χ3n) is 3.56. The van der Waals surface area contributed by atoms with E-state index in [4.69, 9.17) is 4.74 Å². The zero-order chi connectivity index (χ0) is 17.0. The SMILES string of the molecule is CCC(C)(C)NC(=O)c1sc(COc2ccc(F)cc2)nc1C. The fourth-order valence-electron chi connectivity index (χ4n) is 1.85. The van der Waals surface area contributed by atoms with E-state index < -0.39 is 0 Å². The Kier molecular flexibility index (Phi) is 5.36. The van der Waals surface area contributed by atoms with Crippen molar-refractivity contribution in [3.05, 3.63) is 45.7 Å². The molecule has 0 bridgehead atoms. The average Bonchev–Trinajstić information content (AvgIpc) is 2.87. The van der Waals surface area contributed by atoms with Gasteiger partial charge < -0.3 is 10.1 Å². The average molecular weight is 336 g/mol. The minimum Gasteiger partial charge on any atom is -0.486 e. The Labute approximate surface area is 139 Å². The van der Waals surface area contributed by atoms with Crippen LogP contribution in [-0.2, 0) is 6.61 Å². The first kappa shape index (κ1) is 17.4. The lowest BCUT2D eigenvalue weighted by Crippen LogP contribution is -2.42. The highest BCUT2D eigenvalue weighted by molar-refractivity contribution is 7.13. The monoisotopic (exact) mass is 336 g/mol. The number of aromatic nitrogens is 1. The number of aryl methyl sites for hydroxylation is 1. The third kappa shape index (κ3) is 4.76. The number of ether oxygens (including phenoxy) is 1. The number of carbonyl (C=O) groups excluding carboxylic acids is 1. The molecule has 2 aromatic rings. The second-order valence-electron chi connectivity index (χ2n) is 5.96. The number of benzene rings is 1. The highest BCUT2D eigenvalue weighted by atomic mass is 32.1. The van der Waals surface area contributed by atoms with Crippen LogP contribution in [0.2, 0.25) is 0 Å². The lowest BCUT2D eigenvalue weighted by molar-refractivity contribution is 0.0914. The fraction of sp³-hybridized carbons (Fsp3) is 0.412. The van der Waals surface area contributed by atoms with Crippen LogP contribution in [0.1, 0.15) is 47.6 Å². The highest BCUT2D eigenvalue weighted by Crippen LogP contribution is 2.21. The van der Waals surface area contributed by atoms with Gasteiger partial charge in [-0.15, -0.1) is 11.3 Å². The van der Waals surface area contributed by atoms with E-state index in [1.54, 1.807) is 12.1 Å². The van der Waals surface area contributed by atoms with Crippen molar-refractivity contribution in [2.24, 2.45) is 0 Å². The summed E-state index contributed by atoms with van der Waals surface area (Å²) in [5, 5.41) is 3.72. The zero-order valence-corrected chi connectivity index (χ0v) is 14.6. The molecular weight excluding hydrogens is 315 g/mol. The predicted octanol–water partition coefficient (Wildman–Crippen LogP) is 4.09. The number of nitrogens with one attached hydrogen (secondary N) is 1. The van der Waals surface area contributed by atoms with E-state index in [9.17, 15) is 9.18 Å². The number of rotatable bonds is 6. The Morgan fingerprint density at radius 3 is 2.61 bits per heavy atom. The van der Waals surface area contributed by atoms with Crippen molar-refractivity contribution in [1.29, 1.82) is 0 Å². The summed E-state index contributed by atoms with van der Waals surface area (Å²) in [5.74, 6) is 0.150. The van der Waals surface area contributed by atoms with Gasteiger partial charge in [-0.3, -0.25) is 4.79 Å². The first-order chi connectivity index (χ1) is 10.8. The Hall–Kier alpha value is -1.95. The van der Waals surface area contributed by atoms with Crippen LogP contribution in [0.5, 0.6) is 5.75 Å². The summed E-state index contributed by atoms with van der Waals surface area (Å²) < 4.78 is 18.4. The second kappa shape index (κ2) is 7.08. The molecular formula is C17H21FN2O2S. The Morgan fingerprint density at radius 2 is 2.00 bits per heavy atom. The Morgan fingerprint density at radius 1 is 1.35 bits per heavy atom. The van der Waals surface area contributed by atoms with Crippen LogP contribution >= 0.6 is 11.3 Å². The van der Waals surface area contributed by atoms with Crippen molar-refractivity contribution >= 4 is 17.2 Å². The molecule has 23 heavy (non-hydrogen) atoms. The molecule has 0 aliphatic heterocycles. The van der Waals surface area contributed by atoms with Crippen LogP contribution in [0.4, 0.5) is 4.39 Å². The summed E-state index contributed by atoms with van der Waals surface area (Å²) >= 11 is 1.32. The van der Waals surface area contributed by atoms with Crippen molar-refractivity contribution in [2.45, 2.75) is 46.3 Å². The fourth-order valence-corrected chi connectivity index (χ4v) is 2.73. The van der Waals surface area contributed by atoms with Crippen LogP contribution in [0.15, 0.2) is 24.3 Å². The minimum absolute atomic E-state index is 0.111. The maximum atomic E-state index is 12.8. The van der Waals surface area contributed by atoms with E-state index in [-0.39, 0.29) is 23.9 Å². The number of carbonyl (C=O) groups is 1. The number of amides is 1. The van der Waals surface area contributed by atoms with E-state index in [2.05, 4.69) is 10.3 Å². The molecule has 6 heteroatoms. The standard InChI is InChI=1S/C17H21FN2O2S/c1-5-17(3,4)20-16(21)15-11(2)19-14(23-15)10-22-13-8-6-12(18)7-9-13/h6-9H,5,10H2,1-4H3,(H,20,21). The number of hydrogen-bond acceptors (Lipinski definition) is 4. The molecule has 0 atom stereocenters. The molecule has 0 saturated carbocycles. The number of hydrogen-bond donors (Lipinski definition) is 1. The van der Waals surface area contributed by atoms with Crippen LogP contribution in [-0.4, -0.2) is 16.4 Å². The molecule has 0 fully saturated rings. The molecule has 2 rings (SSSR count). The van der Waals surface area contributed by atoms with Gasteiger partial charge in [0.25, 0.3) is 5.91 Å². The van der Waals surface area contributed by atoms with Crippen LogP contribution in [0, 0.1) is 12.7 Å². The van der Waals surface area contributed by atoms with Crippen molar-refractivity contribution in [3.63, 3.8) is 0 Å². The maximum Gasteiger partial charge on any atom is 0.263 e. The van der Waals surface area contributed by atoms with E-state index in [0.29, 0.717) is 21.3 Å². The van der Waals surface area contributed by atoms with Crippen molar-refractivity contribution < 1.29 is 13.9 Å². The van der Waals surface area contributed by atoms with Gasteiger partial charge in [0.2, 0.25) is 0 Å². The smallest absolute Gasteiger partial charge is 0.263 e. The van der Waals surface area contributed by atoms with Gasteiger partial charge in [0, 0.05) is 5.54 Å². The topological polar surface area (TPSA) is 51.2 Å². The molecule has 1 aromatic heterocycles. The molecule has 1 N–H and O–H groups in total. The summed E-state index contributed by atoms with van der Waals surface area (Å²) in [6.45, 7) is 8.06. The zero-order valence-electron chi connectivity index (χ0n) is 13.8. The van der Waals surface area contributed by atoms with Crippen LogP contribution in [0.3, 0.4) is 0 Å². The first-order valence-corrected chi connectivity index (χ1v) is 8.29. The van der Waals surface area contributed by atoms with Crippen LogP contribution < -0.4 is 10.1 Å². The van der Waals surface area contributed by atoms with Gasteiger partial charge in [-0.1, -0.05) is 6.92 Å². The normalized spacial score (nSPS) is 11.3. The largest absolute Gasteiger partial charge is 0.486 e. The molecule has 1 heterocycles. The van der Waals surface area contributed by atoms with Gasteiger partial charge in [0.1, 0.15) is 28.1 Å². The van der Waals surface area contributed by atoms with Crippen molar-refractivity contribution in [3.8, 4) is 5.75 Å². The van der Waals surface area contributed by atoms with E-state index >= 15 is 0 Å². The molecule has 0 unspecified atom stereocenters. The van der Waals surface area contributed by atoms with Gasteiger partial charge in [0.15, 0.2) is 0 Å². The van der Waals surface area contributed by atoms with Gasteiger partial charge >= 0.3 is 0 Å². The first-order valence-electron chi connectivity index (χ1n) is 7.48.